The van der Waals surface area contributed by atoms with E-state index < -0.39 is 0 Å². The molecule has 0 saturated carbocycles. The fourth-order valence-electron chi connectivity index (χ4n) is 3.36. The van der Waals surface area contributed by atoms with Crippen molar-refractivity contribution in [3.63, 3.8) is 0 Å². The number of rotatable bonds is 1. The summed E-state index contributed by atoms with van der Waals surface area (Å²) in [6.07, 6.45) is 3.45. The molecule has 1 saturated heterocycles. The normalized spacial score (nSPS) is 16.8. The van der Waals surface area contributed by atoms with Gasteiger partial charge in [0.05, 0.1) is 11.2 Å². The van der Waals surface area contributed by atoms with Crippen LogP contribution in [-0.2, 0) is 9.31 Å². The molecule has 1 fully saturated rings. The van der Waals surface area contributed by atoms with E-state index in [1.807, 2.05) is 24.3 Å². The molecule has 5 nitrogen and oxygen atoms in total. The van der Waals surface area contributed by atoms with Crippen LogP contribution in [0.25, 0.3) is 21.5 Å². The van der Waals surface area contributed by atoms with Crippen LogP contribution in [-0.4, -0.2) is 33.4 Å². The van der Waals surface area contributed by atoms with Crippen molar-refractivity contribution in [1.82, 2.24) is 9.97 Å². The maximum absolute atomic E-state index is 9.16. The standard InChI is InChI=1S/C15H17BClNO2.C9H6ClNO/c1-14(2)15(3,4)20-16(19-14)12-6-5-10-9-18-13(17)8-11(10)7-12;10-9-4-7-3-8(12)2-1-6(7)5-11-9/h5-9H,1-4H3;1-5,12H. The molecule has 0 bridgehead atoms. The van der Waals surface area contributed by atoms with Crippen LogP contribution in [0, 0.1) is 0 Å². The minimum Gasteiger partial charge on any atom is -0.508 e. The average Bonchev–Trinajstić information content (AvgIpc) is 2.94. The second-order valence-electron chi connectivity index (χ2n) is 8.74. The first-order valence-corrected chi connectivity index (χ1v) is 10.9. The van der Waals surface area contributed by atoms with E-state index in [0.717, 1.165) is 27.0 Å². The quantitative estimate of drug-likeness (QED) is 0.283. The van der Waals surface area contributed by atoms with Gasteiger partial charge in [0, 0.05) is 23.2 Å². The highest BCUT2D eigenvalue weighted by Crippen LogP contribution is 2.36. The minimum absolute atomic E-state index is 0.241. The van der Waals surface area contributed by atoms with Gasteiger partial charge in [0.25, 0.3) is 0 Å². The molecule has 2 aromatic carbocycles. The zero-order chi connectivity index (χ0) is 23.1. The van der Waals surface area contributed by atoms with Crippen LogP contribution in [0.1, 0.15) is 27.7 Å². The smallest absolute Gasteiger partial charge is 0.494 e. The predicted molar refractivity (Wildman–Crippen MR) is 131 cm³/mol. The molecule has 1 aliphatic heterocycles. The molecular weight excluding hydrogens is 446 g/mol. The summed E-state index contributed by atoms with van der Waals surface area (Å²) in [4.78, 5) is 8.00. The highest BCUT2D eigenvalue weighted by molar-refractivity contribution is 6.62. The van der Waals surface area contributed by atoms with Gasteiger partial charge < -0.3 is 14.4 Å². The Bertz CT molecular complexity index is 1240. The molecule has 0 radical (unpaired) electrons. The maximum Gasteiger partial charge on any atom is 0.494 e. The van der Waals surface area contributed by atoms with Crippen LogP contribution in [0.2, 0.25) is 10.3 Å². The van der Waals surface area contributed by atoms with Gasteiger partial charge in [-0.3, -0.25) is 0 Å². The lowest BCUT2D eigenvalue weighted by molar-refractivity contribution is 0.00578. The minimum atomic E-state index is -0.351. The Morgan fingerprint density at radius 2 is 1.22 bits per heavy atom. The molecule has 0 unspecified atom stereocenters. The van der Waals surface area contributed by atoms with E-state index >= 15 is 0 Å². The summed E-state index contributed by atoms with van der Waals surface area (Å²) in [6.45, 7) is 8.20. The monoisotopic (exact) mass is 468 g/mol. The predicted octanol–water partition coefficient (Wildman–Crippen LogP) is 5.78. The topological polar surface area (TPSA) is 64.5 Å². The van der Waals surface area contributed by atoms with Crippen LogP contribution in [0.15, 0.2) is 60.9 Å². The number of hydrogen-bond acceptors (Lipinski definition) is 5. The van der Waals surface area contributed by atoms with E-state index in [4.69, 9.17) is 37.6 Å². The third-order valence-electron chi connectivity index (χ3n) is 5.91. The largest absolute Gasteiger partial charge is 0.508 e. The van der Waals surface area contributed by atoms with Crippen molar-refractivity contribution in [2.75, 3.05) is 0 Å². The van der Waals surface area contributed by atoms with E-state index in [9.17, 15) is 0 Å². The first-order chi connectivity index (χ1) is 15.0. The van der Waals surface area contributed by atoms with Crippen molar-refractivity contribution in [3.05, 3.63) is 71.2 Å². The fraction of sp³-hybridized carbons (Fsp3) is 0.250. The molecule has 5 rings (SSSR count). The Hall–Kier alpha value is -2.38. The summed E-state index contributed by atoms with van der Waals surface area (Å²) in [5, 5.41) is 14.0. The summed E-state index contributed by atoms with van der Waals surface area (Å²) in [7, 11) is -0.351. The SMILES string of the molecule is CC1(C)OB(c2ccc3cnc(Cl)cc3c2)OC1(C)C.Oc1ccc2cnc(Cl)cc2c1. The Morgan fingerprint density at radius 3 is 1.78 bits per heavy atom. The molecule has 0 atom stereocenters. The van der Waals surface area contributed by atoms with E-state index in [1.54, 1.807) is 36.7 Å². The molecule has 164 valence electrons. The van der Waals surface area contributed by atoms with Crippen LogP contribution in [0.3, 0.4) is 0 Å². The number of pyridine rings is 2. The third-order valence-corrected chi connectivity index (χ3v) is 6.32. The molecule has 2 aromatic heterocycles. The lowest BCUT2D eigenvalue weighted by Crippen LogP contribution is -2.41. The van der Waals surface area contributed by atoms with E-state index in [0.29, 0.717) is 10.3 Å². The van der Waals surface area contributed by atoms with Crippen molar-refractivity contribution in [2.24, 2.45) is 0 Å². The number of aromatic nitrogens is 2. The molecule has 3 heterocycles. The van der Waals surface area contributed by atoms with Gasteiger partial charge >= 0.3 is 7.12 Å². The number of phenols is 1. The molecule has 1 aliphatic rings. The molecule has 1 N–H and O–H groups in total. The number of phenolic OH excluding ortho intramolecular Hbond substituents is 1. The van der Waals surface area contributed by atoms with Gasteiger partial charge in [-0.1, -0.05) is 41.4 Å². The van der Waals surface area contributed by atoms with Crippen molar-refractivity contribution < 1.29 is 14.4 Å². The van der Waals surface area contributed by atoms with E-state index in [2.05, 4.69) is 37.7 Å². The lowest BCUT2D eigenvalue weighted by Gasteiger charge is -2.32. The van der Waals surface area contributed by atoms with E-state index in [-0.39, 0.29) is 24.1 Å². The summed E-state index contributed by atoms with van der Waals surface area (Å²) in [6, 6.07) is 14.7. The second kappa shape index (κ2) is 8.52. The molecule has 32 heavy (non-hydrogen) atoms. The van der Waals surface area contributed by atoms with Gasteiger partial charge in [-0.15, -0.1) is 0 Å². The Labute approximate surface area is 197 Å². The number of halogens is 2. The number of aromatic hydroxyl groups is 1. The summed E-state index contributed by atoms with van der Waals surface area (Å²) >= 11 is 11.6. The Morgan fingerprint density at radius 1 is 0.719 bits per heavy atom. The zero-order valence-electron chi connectivity index (χ0n) is 18.3. The van der Waals surface area contributed by atoms with Crippen LogP contribution >= 0.6 is 23.2 Å². The Balaban J connectivity index is 0.000000174. The molecular formula is C24H23BCl2N2O3. The van der Waals surface area contributed by atoms with Crippen molar-refractivity contribution in [3.8, 4) is 5.75 Å². The average molecular weight is 469 g/mol. The fourth-order valence-corrected chi connectivity index (χ4v) is 3.69. The van der Waals surface area contributed by atoms with Gasteiger partial charge in [-0.05, 0) is 74.3 Å². The second-order valence-corrected chi connectivity index (χ2v) is 9.51. The zero-order valence-corrected chi connectivity index (χ0v) is 19.8. The van der Waals surface area contributed by atoms with Crippen molar-refractivity contribution >= 4 is 57.3 Å². The summed E-state index contributed by atoms with van der Waals surface area (Å²) in [5.74, 6) is 0.241. The number of nitrogens with zero attached hydrogens (tertiary/aromatic N) is 2. The van der Waals surface area contributed by atoms with Crippen molar-refractivity contribution in [2.45, 2.75) is 38.9 Å². The Kier molecular flexibility index (Phi) is 6.07. The molecule has 8 heteroatoms. The van der Waals surface area contributed by atoms with Gasteiger partial charge in [0.1, 0.15) is 16.1 Å². The first kappa shape index (κ1) is 22.8. The molecule has 4 aromatic rings. The molecule has 0 amide bonds. The van der Waals surface area contributed by atoms with Gasteiger partial charge in [0.2, 0.25) is 0 Å². The van der Waals surface area contributed by atoms with Crippen molar-refractivity contribution in [1.29, 1.82) is 0 Å². The third kappa shape index (κ3) is 4.69. The molecule has 0 spiro atoms. The highest BCUT2D eigenvalue weighted by Gasteiger charge is 2.51. The van der Waals surface area contributed by atoms with E-state index in [1.165, 1.54) is 0 Å². The number of benzene rings is 2. The van der Waals surface area contributed by atoms with Crippen LogP contribution in [0.4, 0.5) is 0 Å². The summed E-state index contributed by atoms with van der Waals surface area (Å²) in [5.41, 5.74) is 0.337. The molecule has 0 aliphatic carbocycles. The van der Waals surface area contributed by atoms with Gasteiger partial charge in [-0.25, -0.2) is 9.97 Å². The highest BCUT2D eigenvalue weighted by atomic mass is 35.5. The van der Waals surface area contributed by atoms with Gasteiger partial charge in [-0.2, -0.15) is 0 Å². The number of fused-ring (bicyclic) bond motifs is 2. The van der Waals surface area contributed by atoms with Gasteiger partial charge in [0.15, 0.2) is 0 Å². The summed E-state index contributed by atoms with van der Waals surface area (Å²) < 4.78 is 12.1. The number of hydrogen-bond donors (Lipinski definition) is 1. The van der Waals surface area contributed by atoms with Crippen LogP contribution in [0.5, 0.6) is 5.75 Å². The maximum atomic E-state index is 9.16. The first-order valence-electron chi connectivity index (χ1n) is 10.2. The van der Waals surface area contributed by atoms with Crippen LogP contribution < -0.4 is 5.46 Å². The lowest BCUT2D eigenvalue weighted by atomic mass is 9.78.